The molecule has 4 heteroatoms. The van der Waals surface area contributed by atoms with Crippen LogP contribution in [0, 0.1) is 0 Å². The predicted octanol–water partition coefficient (Wildman–Crippen LogP) is 1.50. The van der Waals surface area contributed by atoms with Gasteiger partial charge in [-0.15, -0.1) is 11.3 Å². The molecule has 1 saturated heterocycles. The van der Waals surface area contributed by atoms with E-state index in [9.17, 15) is 4.79 Å². The molecule has 1 aliphatic heterocycles. The second-order valence-corrected chi connectivity index (χ2v) is 5.33. The molecule has 1 amide bonds. The fourth-order valence-corrected chi connectivity index (χ4v) is 3.06. The van der Waals surface area contributed by atoms with Gasteiger partial charge in [-0.3, -0.25) is 4.79 Å². The Morgan fingerprint density at radius 1 is 1.69 bits per heavy atom. The number of carbonyl (C=O) groups is 1. The van der Waals surface area contributed by atoms with Crippen molar-refractivity contribution < 1.29 is 4.79 Å². The van der Waals surface area contributed by atoms with Crippen molar-refractivity contribution in [3.05, 3.63) is 22.4 Å². The van der Waals surface area contributed by atoms with Crippen molar-refractivity contribution in [2.45, 2.75) is 31.8 Å². The summed E-state index contributed by atoms with van der Waals surface area (Å²) in [6, 6.07) is 4.54. The van der Waals surface area contributed by atoms with E-state index in [2.05, 4.69) is 29.8 Å². The minimum Gasteiger partial charge on any atom is -0.338 e. The zero-order chi connectivity index (χ0) is 11.5. The maximum absolute atomic E-state index is 12.0. The van der Waals surface area contributed by atoms with Crippen LogP contribution in [0.3, 0.4) is 0 Å². The summed E-state index contributed by atoms with van der Waals surface area (Å²) in [4.78, 5) is 15.3. The number of carbonyl (C=O) groups excluding carboxylic acids is 1. The van der Waals surface area contributed by atoms with Crippen molar-refractivity contribution in [2.24, 2.45) is 0 Å². The molecule has 0 aliphatic carbocycles. The lowest BCUT2D eigenvalue weighted by Gasteiger charge is -2.24. The molecule has 1 aromatic heterocycles. The van der Waals surface area contributed by atoms with Crippen LogP contribution in [0.2, 0.25) is 0 Å². The van der Waals surface area contributed by atoms with Gasteiger partial charge in [0, 0.05) is 23.9 Å². The number of likely N-dealkylation sites (N-methyl/N-ethyl adjacent to an activating group) is 1. The van der Waals surface area contributed by atoms with Crippen molar-refractivity contribution in [3.63, 3.8) is 0 Å². The van der Waals surface area contributed by atoms with E-state index in [4.69, 9.17) is 0 Å². The van der Waals surface area contributed by atoms with Crippen LogP contribution in [0.1, 0.15) is 18.2 Å². The lowest BCUT2D eigenvalue weighted by Crippen LogP contribution is -2.41. The van der Waals surface area contributed by atoms with E-state index in [1.54, 1.807) is 11.3 Å². The van der Waals surface area contributed by atoms with Gasteiger partial charge in [0.1, 0.15) is 0 Å². The van der Waals surface area contributed by atoms with E-state index >= 15 is 0 Å². The first kappa shape index (κ1) is 11.6. The first-order chi connectivity index (χ1) is 7.72. The summed E-state index contributed by atoms with van der Waals surface area (Å²) in [5, 5.41) is 5.16. The number of nitrogens with zero attached hydrogens (tertiary/aromatic N) is 1. The van der Waals surface area contributed by atoms with Crippen LogP contribution in [-0.4, -0.2) is 36.5 Å². The van der Waals surface area contributed by atoms with Gasteiger partial charge in [-0.2, -0.15) is 0 Å². The molecule has 2 unspecified atom stereocenters. The number of hydrogen-bond donors (Lipinski definition) is 1. The van der Waals surface area contributed by atoms with Gasteiger partial charge < -0.3 is 10.2 Å². The molecule has 1 N–H and O–H groups in total. The van der Waals surface area contributed by atoms with Crippen LogP contribution in [0.5, 0.6) is 0 Å². The molecule has 2 atom stereocenters. The monoisotopic (exact) mass is 238 g/mol. The molecule has 1 fully saturated rings. The third-order valence-electron chi connectivity index (χ3n) is 3.20. The van der Waals surface area contributed by atoms with E-state index < -0.39 is 0 Å². The van der Waals surface area contributed by atoms with Gasteiger partial charge in [-0.1, -0.05) is 6.07 Å². The second-order valence-electron chi connectivity index (χ2n) is 4.29. The molecule has 0 spiro atoms. The summed E-state index contributed by atoms with van der Waals surface area (Å²) in [7, 11) is 1.86. The van der Waals surface area contributed by atoms with Crippen LogP contribution in [-0.2, 0) is 11.2 Å². The molecule has 3 nitrogen and oxygen atoms in total. The first-order valence-electron chi connectivity index (χ1n) is 5.72. The predicted molar refractivity (Wildman–Crippen MR) is 66.7 cm³/mol. The molecule has 1 aromatic rings. The quantitative estimate of drug-likeness (QED) is 0.862. The fraction of sp³-hybridized carbons (Fsp3) is 0.583. The third kappa shape index (κ3) is 2.28. The van der Waals surface area contributed by atoms with Crippen molar-refractivity contribution in [1.82, 2.24) is 10.2 Å². The average molecular weight is 238 g/mol. The van der Waals surface area contributed by atoms with E-state index in [0.29, 0.717) is 6.04 Å². The smallest absolute Gasteiger partial charge is 0.240 e. The van der Waals surface area contributed by atoms with Crippen molar-refractivity contribution in [2.75, 3.05) is 13.6 Å². The Kier molecular flexibility index (Phi) is 3.61. The minimum absolute atomic E-state index is 0.0331. The Balaban J connectivity index is 1.95. The Labute approximate surface area is 100 Å². The fourth-order valence-electron chi connectivity index (χ4n) is 2.24. The molecule has 2 rings (SSSR count). The third-order valence-corrected chi connectivity index (χ3v) is 4.10. The van der Waals surface area contributed by atoms with E-state index in [1.165, 1.54) is 4.88 Å². The average Bonchev–Trinajstić information content (AvgIpc) is 2.87. The molecule has 2 heterocycles. The summed E-state index contributed by atoms with van der Waals surface area (Å²) in [6.07, 6.45) is 1.91. The van der Waals surface area contributed by atoms with Gasteiger partial charge >= 0.3 is 0 Å². The van der Waals surface area contributed by atoms with Gasteiger partial charge in [-0.25, -0.2) is 0 Å². The van der Waals surface area contributed by atoms with Crippen LogP contribution >= 0.6 is 11.3 Å². The standard InChI is InChI=1S/C12H18N2OS/c1-9(8-10-4-3-7-16-10)14-6-5-11(13-2)12(14)15/h3-4,7,9,11,13H,5-6,8H2,1-2H3. The van der Waals surface area contributed by atoms with Crippen LogP contribution in [0.4, 0.5) is 0 Å². The number of hydrogen-bond acceptors (Lipinski definition) is 3. The molecule has 1 aliphatic rings. The van der Waals surface area contributed by atoms with Crippen LogP contribution in [0.15, 0.2) is 17.5 Å². The first-order valence-corrected chi connectivity index (χ1v) is 6.60. The molecule has 0 saturated carbocycles. The Morgan fingerprint density at radius 2 is 2.50 bits per heavy atom. The number of rotatable bonds is 4. The van der Waals surface area contributed by atoms with Gasteiger partial charge in [0.15, 0.2) is 0 Å². The highest BCUT2D eigenvalue weighted by Gasteiger charge is 2.33. The van der Waals surface area contributed by atoms with Crippen molar-refractivity contribution in [3.8, 4) is 0 Å². The zero-order valence-corrected chi connectivity index (χ0v) is 10.6. The van der Waals surface area contributed by atoms with Crippen molar-refractivity contribution in [1.29, 1.82) is 0 Å². The van der Waals surface area contributed by atoms with Gasteiger partial charge in [0.2, 0.25) is 5.91 Å². The second kappa shape index (κ2) is 4.97. The number of thiophene rings is 1. The van der Waals surface area contributed by atoms with Gasteiger partial charge in [0.05, 0.1) is 6.04 Å². The largest absolute Gasteiger partial charge is 0.338 e. The SMILES string of the molecule is CNC1CCN(C(C)Cc2cccs2)C1=O. The Hall–Kier alpha value is -0.870. The maximum atomic E-state index is 12.0. The highest BCUT2D eigenvalue weighted by molar-refractivity contribution is 7.09. The summed E-state index contributed by atoms with van der Waals surface area (Å²) < 4.78 is 0. The Morgan fingerprint density at radius 3 is 3.06 bits per heavy atom. The molecule has 16 heavy (non-hydrogen) atoms. The van der Waals surface area contributed by atoms with E-state index in [0.717, 1.165) is 19.4 Å². The lowest BCUT2D eigenvalue weighted by molar-refractivity contribution is -0.130. The van der Waals surface area contributed by atoms with Gasteiger partial charge in [-0.05, 0) is 31.8 Å². The highest BCUT2D eigenvalue weighted by Crippen LogP contribution is 2.19. The van der Waals surface area contributed by atoms with Crippen LogP contribution < -0.4 is 5.32 Å². The van der Waals surface area contributed by atoms with E-state index in [1.807, 2.05) is 11.9 Å². The molecular formula is C12H18N2OS. The normalized spacial score (nSPS) is 22.8. The number of nitrogens with one attached hydrogen (secondary N) is 1. The summed E-state index contributed by atoms with van der Waals surface area (Å²) in [5.41, 5.74) is 0. The molecule has 0 radical (unpaired) electrons. The zero-order valence-electron chi connectivity index (χ0n) is 9.77. The number of likely N-dealkylation sites (tertiary alicyclic amines) is 1. The Bertz CT molecular complexity index is 350. The van der Waals surface area contributed by atoms with E-state index in [-0.39, 0.29) is 11.9 Å². The lowest BCUT2D eigenvalue weighted by atomic mass is 10.2. The summed E-state index contributed by atoms with van der Waals surface area (Å²) in [6.45, 7) is 3.02. The van der Waals surface area contributed by atoms with Crippen LogP contribution in [0.25, 0.3) is 0 Å². The maximum Gasteiger partial charge on any atom is 0.240 e. The number of amides is 1. The highest BCUT2D eigenvalue weighted by atomic mass is 32.1. The molecule has 0 bridgehead atoms. The van der Waals surface area contributed by atoms with Crippen molar-refractivity contribution >= 4 is 17.2 Å². The molecule has 0 aromatic carbocycles. The molecule has 88 valence electrons. The minimum atomic E-state index is 0.0331. The van der Waals surface area contributed by atoms with Gasteiger partial charge in [0.25, 0.3) is 0 Å². The molecular weight excluding hydrogens is 220 g/mol. The summed E-state index contributed by atoms with van der Waals surface area (Å²) >= 11 is 1.76. The summed E-state index contributed by atoms with van der Waals surface area (Å²) in [5.74, 6) is 0.256. The topological polar surface area (TPSA) is 32.3 Å².